The smallest absolute Gasteiger partial charge is 0.0900 e. The highest BCUT2D eigenvalue weighted by molar-refractivity contribution is 4.70. The first-order chi connectivity index (χ1) is 7.53. The van der Waals surface area contributed by atoms with Crippen LogP contribution in [-0.4, -0.2) is 61.2 Å². The molecule has 0 bridgehead atoms. The van der Waals surface area contributed by atoms with Crippen molar-refractivity contribution in [1.29, 1.82) is 0 Å². The summed E-state index contributed by atoms with van der Waals surface area (Å²) in [5.41, 5.74) is -0.133. The van der Waals surface area contributed by atoms with Crippen LogP contribution >= 0.6 is 0 Å². The van der Waals surface area contributed by atoms with E-state index in [2.05, 4.69) is 25.7 Å². The van der Waals surface area contributed by atoms with Gasteiger partial charge in [-0.05, 0) is 20.3 Å². The first-order valence-corrected chi connectivity index (χ1v) is 6.15. The molecule has 16 heavy (non-hydrogen) atoms. The average Bonchev–Trinajstić information content (AvgIpc) is 2.28. The van der Waals surface area contributed by atoms with Crippen molar-refractivity contribution in [2.24, 2.45) is 0 Å². The first kappa shape index (κ1) is 13.9. The molecule has 96 valence electrons. The van der Waals surface area contributed by atoms with E-state index in [1.54, 1.807) is 0 Å². The van der Waals surface area contributed by atoms with Crippen LogP contribution in [0.4, 0.5) is 0 Å². The van der Waals surface area contributed by atoms with Crippen LogP contribution in [0, 0.1) is 0 Å². The second kappa shape index (κ2) is 6.55. The molecule has 1 unspecified atom stereocenters. The summed E-state index contributed by atoms with van der Waals surface area (Å²) < 4.78 is 10.9. The molecular formula is C12H25NO3. The molecule has 0 amide bonds. The number of ether oxygens (including phenoxy) is 2. The maximum Gasteiger partial charge on any atom is 0.0900 e. The standard InChI is InChI=1S/C12H25NO3/c1-4-12(2,3)16-10-11(14)9-13-5-7-15-8-6-13/h11,14H,4-10H2,1-3H3. The highest BCUT2D eigenvalue weighted by Crippen LogP contribution is 2.13. The van der Waals surface area contributed by atoms with E-state index >= 15 is 0 Å². The Kier molecular flexibility index (Phi) is 5.69. The van der Waals surface area contributed by atoms with Gasteiger partial charge < -0.3 is 14.6 Å². The zero-order chi connectivity index (χ0) is 12.0. The number of nitrogens with zero attached hydrogens (tertiary/aromatic N) is 1. The number of β-amino-alcohol motifs (C(OH)–C–C–N with tert-alkyl or cyclic N) is 1. The molecule has 0 spiro atoms. The van der Waals surface area contributed by atoms with Gasteiger partial charge in [0.15, 0.2) is 0 Å². The summed E-state index contributed by atoms with van der Waals surface area (Å²) in [4.78, 5) is 2.22. The van der Waals surface area contributed by atoms with Gasteiger partial charge in [0.1, 0.15) is 0 Å². The number of aliphatic hydroxyl groups excluding tert-OH is 1. The van der Waals surface area contributed by atoms with E-state index in [-0.39, 0.29) is 5.60 Å². The van der Waals surface area contributed by atoms with Crippen molar-refractivity contribution in [3.63, 3.8) is 0 Å². The number of hydrogen-bond donors (Lipinski definition) is 1. The Balaban J connectivity index is 2.17. The van der Waals surface area contributed by atoms with E-state index in [4.69, 9.17) is 9.47 Å². The second-order valence-corrected chi connectivity index (χ2v) is 4.99. The minimum Gasteiger partial charge on any atom is -0.389 e. The SMILES string of the molecule is CCC(C)(C)OCC(O)CN1CCOCC1. The lowest BCUT2D eigenvalue weighted by Gasteiger charge is -2.30. The number of morpholine rings is 1. The van der Waals surface area contributed by atoms with Gasteiger partial charge in [-0.25, -0.2) is 0 Å². The van der Waals surface area contributed by atoms with E-state index in [9.17, 15) is 5.11 Å². The molecule has 0 saturated carbocycles. The van der Waals surface area contributed by atoms with Gasteiger partial charge in [0.05, 0.1) is 31.5 Å². The lowest BCUT2D eigenvalue weighted by atomic mass is 10.1. The Morgan fingerprint density at radius 2 is 2.00 bits per heavy atom. The van der Waals surface area contributed by atoms with Crippen LogP contribution in [0.1, 0.15) is 27.2 Å². The lowest BCUT2D eigenvalue weighted by molar-refractivity contribution is -0.0729. The Labute approximate surface area is 98.5 Å². The van der Waals surface area contributed by atoms with Crippen molar-refractivity contribution in [2.75, 3.05) is 39.5 Å². The summed E-state index contributed by atoms with van der Waals surface area (Å²) in [6.07, 6.45) is 0.556. The average molecular weight is 231 g/mol. The third-order valence-corrected chi connectivity index (χ3v) is 3.09. The molecule has 1 saturated heterocycles. The third kappa shape index (κ3) is 5.25. The normalized spacial score (nSPS) is 21.0. The minimum atomic E-state index is -0.399. The molecule has 1 atom stereocenters. The van der Waals surface area contributed by atoms with Gasteiger partial charge in [0.25, 0.3) is 0 Å². The molecule has 0 radical (unpaired) electrons. The van der Waals surface area contributed by atoms with Gasteiger partial charge in [0, 0.05) is 19.6 Å². The van der Waals surface area contributed by atoms with Crippen LogP contribution in [0.15, 0.2) is 0 Å². The monoisotopic (exact) mass is 231 g/mol. The van der Waals surface area contributed by atoms with E-state index in [1.807, 2.05) is 0 Å². The fraction of sp³-hybridized carbons (Fsp3) is 1.00. The fourth-order valence-electron chi connectivity index (χ4n) is 1.56. The molecular weight excluding hydrogens is 206 g/mol. The molecule has 0 aromatic carbocycles. The number of hydrogen-bond acceptors (Lipinski definition) is 4. The van der Waals surface area contributed by atoms with Gasteiger partial charge in [-0.1, -0.05) is 6.92 Å². The zero-order valence-electron chi connectivity index (χ0n) is 10.7. The molecule has 1 aliphatic heterocycles. The van der Waals surface area contributed by atoms with Crippen LogP contribution < -0.4 is 0 Å². The molecule has 4 heteroatoms. The van der Waals surface area contributed by atoms with Crippen LogP contribution in [0.5, 0.6) is 0 Å². The molecule has 0 aromatic rings. The molecule has 1 N–H and O–H groups in total. The molecule has 1 fully saturated rings. The summed E-state index contributed by atoms with van der Waals surface area (Å²) >= 11 is 0. The van der Waals surface area contributed by atoms with Gasteiger partial charge in [-0.2, -0.15) is 0 Å². The topological polar surface area (TPSA) is 41.9 Å². The Hall–Kier alpha value is -0.160. The van der Waals surface area contributed by atoms with Crippen LogP contribution in [0.2, 0.25) is 0 Å². The zero-order valence-corrected chi connectivity index (χ0v) is 10.7. The van der Waals surface area contributed by atoms with Crippen molar-refractivity contribution in [3.05, 3.63) is 0 Å². The molecule has 0 aromatic heterocycles. The van der Waals surface area contributed by atoms with Crippen molar-refractivity contribution >= 4 is 0 Å². The predicted molar refractivity (Wildman–Crippen MR) is 63.6 cm³/mol. The van der Waals surface area contributed by atoms with Crippen molar-refractivity contribution in [3.8, 4) is 0 Å². The van der Waals surface area contributed by atoms with E-state index in [0.717, 1.165) is 32.7 Å². The highest BCUT2D eigenvalue weighted by atomic mass is 16.5. The summed E-state index contributed by atoms with van der Waals surface area (Å²) in [6, 6.07) is 0. The van der Waals surface area contributed by atoms with Gasteiger partial charge in [-0.3, -0.25) is 4.90 Å². The summed E-state index contributed by atoms with van der Waals surface area (Å²) in [6.45, 7) is 10.7. The Morgan fingerprint density at radius 1 is 1.38 bits per heavy atom. The lowest BCUT2D eigenvalue weighted by Crippen LogP contribution is -2.43. The first-order valence-electron chi connectivity index (χ1n) is 6.15. The van der Waals surface area contributed by atoms with Crippen LogP contribution in [0.3, 0.4) is 0 Å². The van der Waals surface area contributed by atoms with Crippen molar-refractivity contribution in [1.82, 2.24) is 4.90 Å². The van der Waals surface area contributed by atoms with E-state index < -0.39 is 6.10 Å². The predicted octanol–water partition coefficient (Wildman–Crippen LogP) is 0.885. The van der Waals surface area contributed by atoms with Crippen LogP contribution in [-0.2, 0) is 9.47 Å². The number of rotatable bonds is 6. The van der Waals surface area contributed by atoms with Gasteiger partial charge >= 0.3 is 0 Å². The van der Waals surface area contributed by atoms with E-state index in [0.29, 0.717) is 13.2 Å². The van der Waals surface area contributed by atoms with Gasteiger partial charge in [0.2, 0.25) is 0 Å². The third-order valence-electron chi connectivity index (χ3n) is 3.09. The quantitative estimate of drug-likeness (QED) is 0.737. The molecule has 4 nitrogen and oxygen atoms in total. The maximum absolute atomic E-state index is 9.85. The molecule has 1 aliphatic rings. The summed E-state index contributed by atoms with van der Waals surface area (Å²) in [5.74, 6) is 0. The number of aliphatic hydroxyl groups is 1. The molecule has 1 rings (SSSR count). The largest absolute Gasteiger partial charge is 0.389 e. The molecule has 0 aliphatic carbocycles. The second-order valence-electron chi connectivity index (χ2n) is 4.99. The minimum absolute atomic E-state index is 0.133. The van der Waals surface area contributed by atoms with Gasteiger partial charge in [-0.15, -0.1) is 0 Å². The Bertz CT molecular complexity index is 191. The van der Waals surface area contributed by atoms with Crippen molar-refractivity contribution in [2.45, 2.75) is 38.9 Å². The summed E-state index contributed by atoms with van der Waals surface area (Å²) in [7, 11) is 0. The molecule has 1 heterocycles. The Morgan fingerprint density at radius 3 is 2.56 bits per heavy atom. The highest BCUT2D eigenvalue weighted by Gasteiger charge is 2.19. The summed E-state index contributed by atoms with van der Waals surface area (Å²) in [5, 5.41) is 9.85. The van der Waals surface area contributed by atoms with Crippen molar-refractivity contribution < 1.29 is 14.6 Å². The van der Waals surface area contributed by atoms with Crippen LogP contribution in [0.25, 0.3) is 0 Å². The maximum atomic E-state index is 9.85. The fourth-order valence-corrected chi connectivity index (χ4v) is 1.56. The van der Waals surface area contributed by atoms with E-state index in [1.165, 1.54) is 0 Å².